The molecule has 0 atom stereocenters. The van der Waals surface area contributed by atoms with Gasteiger partial charge in [0.05, 0.1) is 0 Å². The van der Waals surface area contributed by atoms with Crippen molar-refractivity contribution in [2.75, 3.05) is 0 Å². The van der Waals surface area contributed by atoms with Gasteiger partial charge in [0.15, 0.2) is 5.69 Å². The van der Waals surface area contributed by atoms with Crippen LogP contribution in [0.15, 0.2) is 16.7 Å². The van der Waals surface area contributed by atoms with Crippen LogP contribution in [0.4, 0.5) is 13.2 Å². The Balaban J connectivity index is 2.47. The molecule has 0 aromatic carbocycles. The van der Waals surface area contributed by atoms with Crippen LogP contribution in [0.3, 0.4) is 0 Å². The summed E-state index contributed by atoms with van der Waals surface area (Å²) >= 11 is 0. The maximum atomic E-state index is 12.3. The molecule has 2 aromatic rings. The average molecular weight is 216 g/mol. The summed E-state index contributed by atoms with van der Waals surface area (Å²) in [5.41, 5.74) is -0.684. The van der Waals surface area contributed by atoms with Crippen molar-refractivity contribution >= 4 is 0 Å². The van der Waals surface area contributed by atoms with Gasteiger partial charge in [0.25, 0.3) is 0 Å². The fourth-order valence-corrected chi connectivity index (χ4v) is 1.09. The minimum absolute atomic E-state index is 0.0389. The van der Waals surface area contributed by atoms with Crippen molar-refractivity contribution < 1.29 is 17.6 Å². The first-order chi connectivity index (χ1) is 6.98. The summed E-state index contributed by atoms with van der Waals surface area (Å²) in [5, 5.41) is 3.34. The molecule has 2 heterocycles. The van der Waals surface area contributed by atoms with Crippen molar-refractivity contribution in [3.63, 3.8) is 0 Å². The first kappa shape index (κ1) is 9.75. The summed E-state index contributed by atoms with van der Waals surface area (Å²) in [7, 11) is 0. The molecule has 0 fully saturated rings. The van der Waals surface area contributed by atoms with Crippen LogP contribution in [0, 0.1) is 13.1 Å². The van der Waals surface area contributed by atoms with Crippen molar-refractivity contribution in [2.24, 2.45) is 0 Å². The number of hydrogen-bond acceptors (Lipinski definition) is 3. The maximum absolute atomic E-state index is 12.3. The highest BCUT2D eigenvalue weighted by atomic mass is 19.4. The monoisotopic (exact) mass is 216 g/mol. The number of oxazole rings is 1. The molecule has 7 heteroatoms. The van der Waals surface area contributed by atoms with Gasteiger partial charge in [-0.2, -0.15) is 27.9 Å². The van der Waals surface area contributed by atoms with Crippen molar-refractivity contribution in [3.8, 4) is 6.01 Å². The molecule has 0 aliphatic heterocycles. The van der Waals surface area contributed by atoms with Crippen molar-refractivity contribution in [1.29, 1.82) is 0 Å². The number of rotatable bonds is 1. The maximum Gasteiger partial charge on any atom is 0.435 e. The standard InChI is InChI=1S/C8H5F3N3O/c1-5-4-6(8(9,10)11)13-14(5)7-12-2-3-15-7/h3-4H,1H3. The number of aromatic nitrogens is 3. The average Bonchev–Trinajstić information content (AvgIpc) is 2.69. The van der Waals surface area contributed by atoms with Gasteiger partial charge >= 0.3 is 12.2 Å². The lowest BCUT2D eigenvalue weighted by atomic mass is 10.4. The van der Waals surface area contributed by atoms with Gasteiger partial charge in [0.1, 0.15) is 12.5 Å². The van der Waals surface area contributed by atoms with E-state index in [0.29, 0.717) is 0 Å². The molecule has 2 aromatic heterocycles. The van der Waals surface area contributed by atoms with E-state index in [0.717, 1.165) is 17.0 Å². The number of halogens is 3. The molecule has 1 radical (unpaired) electrons. The van der Waals surface area contributed by atoms with E-state index in [2.05, 4.69) is 16.3 Å². The Morgan fingerprint density at radius 1 is 1.47 bits per heavy atom. The van der Waals surface area contributed by atoms with Crippen molar-refractivity contribution in [3.05, 3.63) is 29.9 Å². The van der Waals surface area contributed by atoms with Gasteiger partial charge in [0, 0.05) is 5.69 Å². The molecule has 0 unspecified atom stereocenters. The SMILES string of the molecule is Cc1cc(C(F)(F)F)nn1-c1n[c]co1. The molecular weight excluding hydrogens is 211 g/mol. The van der Waals surface area contributed by atoms with Crippen molar-refractivity contribution in [2.45, 2.75) is 13.1 Å². The predicted molar refractivity (Wildman–Crippen MR) is 42.2 cm³/mol. The lowest BCUT2D eigenvalue weighted by molar-refractivity contribution is -0.141. The van der Waals surface area contributed by atoms with Crippen LogP contribution in [0.5, 0.6) is 0 Å². The summed E-state index contributed by atoms with van der Waals surface area (Å²) in [6, 6.07) is 0.882. The molecule has 2 rings (SSSR count). The van der Waals surface area contributed by atoms with Gasteiger partial charge in [-0.1, -0.05) is 0 Å². The van der Waals surface area contributed by atoms with E-state index in [9.17, 15) is 13.2 Å². The Kier molecular flexibility index (Phi) is 2.02. The number of nitrogens with zero attached hydrogens (tertiary/aromatic N) is 3. The third-order valence-electron chi connectivity index (χ3n) is 1.74. The summed E-state index contributed by atoms with van der Waals surface area (Å²) in [5.74, 6) is 0. The zero-order valence-electron chi connectivity index (χ0n) is 7.54. The second-order valence-corrected chi connectivity index (χ2v) is 2.84. The highest BCUT2D eigenvalue weighted by molar-refractivity contribution is 5.18. The first-order valence-corrected chi connectivity index (χ1v) is 3.94. The smallest absolute Gasteiger partial charge is 0.430 e. The molecule has 4 nitrogen and oxygen atoms in total. The van der Waals surface area contributed by atoms with Gasteiger partial charge in [-0.15, -0.1) is 0 Å². The van der Waals surface area contributed by atoms with E-state index < -0.39 is 11.9 Å². The number of aryl methyl sites for hydroxylation is 1. The van der Waals surface area contributed by atoms with E-state index in [1.807, 2.05) is 0 Å². The van der Waals surface area contributed by atoms with Crippen LogP contribution in [0.1, 0.15) is 11.4 Å². The van der Waals surface area contributed by atoms with Gasteiger partial charge in [-0.05, 0) is 13.0 Å². The van der Waals surface area contributed by atoms with Crippen LogP contribution in [0.25, 0.3) is 6.01 Å². The number of alkyl halides is 3. The Labute approximate surface area is 82.3 Å². The molecule has 15 heavy (non-hydrogen) atoms. The van der Waals surface area contributed by atoms with Gasteiger partial charge in [-0.25, -0.2) is 0 Å². The van der Waals surface area contributed by atoms with Gasteiger partial charge < -0.3 is 4.42 Å². The van der Waals surface area contributed by atoms with Gasteiger partial charge in [0.2, 0.25) is 0 Å². The van der Waals surface area contributed by atoms with Crippen LogP contribution in [-0.4, -0.2) is 14.8 Å². The molecule has 0 N–H and O–H groups in total. The van der Waals surface area contributed by atoms with E-state index in [1.165, 1.54) is 6.92 Å². The molecule has 0 spiro atoms. The molecular formula is C8H5F3N3O. The fourth-order valence-electron chi connectivity index (χ4n) is 1.09. The van der Waals surface area contributed by atoms with E-state index in [4.69, 9.17) is 4.42 Å². The highest BCUT2D eigenvalue weighted by Crippen LogP contribution is 2.28. The molecule has 0 aliphatic carbocycles. The molecule has 0 bridgehead atoms. The molecule has 0 aliphatic rings. The van der Waals surface area contributed by atoms with Crippen LogP contribution < -0.4 is 0 Å². The minimum atomic E-state index is -4.47. The second kappa shape index (κ2) is 3.11. The summed E-state index contributed by atoms with van der Waals surface area (Å²) in [6.45, 7) is 1.48. The van der Waals surface area contributed by atoms with Crippen LogP contribution >= 0.6 is 0 Å². The number of hydrogen-bond donors (Lipinski definition) is 0. The minimum Gasteiger partial charge on any atom is -0.430 e. The zero-order valence-corrected chi connectivity index (χ0v) is 7.54. The second-order valence-electron chi connectivity index (χ2n) is 2.84. The summed E-state index contributed by atoms with van der Waals surface area (Å²) < 4.78 is 42.6. The third kappa shape index (κ3) is 1.72. The Bertz CT molecular complexity index is 458. The zero-order chi connectivity index (χ0) is 11.1. The molecule has 0 saturated carbocycles. The van der Waals surface area contributed by atoms with E-state index in [-0.39, 0.29) is 11.7 Å². The lowest BCUT2D eigenvalue weighted by Crippen LogP contribution is -2.07. The Morgan fingerprint density at radius 2 is 2.20 bits per heavy atom. The summed E-state index contributed by atoms with van der Waals surface area (Å²) in [4.78, 5) is 3.58. The topological polar surface area (TPSA) is 43.9 Å². The quantitative estimate of drug-likeness (QED) is 0.732. The molecule has 0 amide bonds. The Hall–Kier alpha value is -1.79. The largest absolute Gasteiger partial charge is 0.435 e. The fraction of sp³-hybridized carbons (Fsp3) is 0.250. The Morgan fingerprint density at radius 3 is 2.67 bits per heavy atom. The van der Waals surface area contributed by atoms with Crippen LogP contribution in [-0.2, 0) is 6.18 Å². The first-order valence-electron chi connectivity index (χ1n) is 3.94. The molecule has 0 saturated heterocycles. The third-order valence-corrected chi connectivity index (χ3v) is 1.74. The highest BCUT2D eigenvalue weighted by Gasteiger charge is 2.34. The summed E-state index contributed by atoms with van der Waals surface area (Å²) in [6.07, 6.45) is -0.979. The normalized spacial score (nSPS) is 12.0. The van der Waals surface area contributed by atoms with Gasteiger partial charge in [-0.3, -0.25) is 0 Å². The lowest BCUT2D eigenvalue weighted by Gasteiger charge is -1.99. The predicted octanol–water partition coefficient (Wildman–Crippen LogP) is 1.99. The van der Waals surface area contributed by atoms with Crippen LogP contribution in [0.2, 0.25) is 0 Å². The van der Waals surface area contributed by atoms with E-state index >= 15 is 0 Å². The van der Waals surface area contributed by atoms with E-state index in [1.54, 1.807) is 0 Å². The van der Waals surface area contributed by atoms with Crippen molar-refractivity contribution in [1.82, 2.24) is 14.8 Å². The molecule has 79 valence electrons.